The third kappa shape index (κ3) is 4.70. The second kappa shape index (κ2) is 4.80. The van der Waals surface area contributed by atoms with E-state index in [0.29, 0.717) is 6.54 Å². The highest BCUT2D eigenvalue weighted by atomic mass is 16.3. The highest BCUT2D eigenvalue weighted by molar-refractivity contribution is 4.79. The fourth-order valence-corrected chi connectivity index (χ4v) is 0.745. The number of aliphatic hydroxyl groups excluding tert-OH is 1. The normalized spacial score (nSPS) is 15.2. The third-order valence-electron chi connectivity index (χ3n) is 2.21. The van der Waals surface area contributed by atoms with Crippen molar-refractivity contribution in [1.82, 2.24) is 10.2 Å². The molecule has 0 heterocycles. The average molecular weight is 174 g/mol. The van der Waals surface area contributed by atoms with E-state index in [0.717, 1.165) is 6.54 Å². The summed E-state index contributed by atoms with van der Waals surface area (Å²) in [6.45, 7) is 7.68. The number of hydrogen-bond donors (Lipinski definition) is 2. The highest BCUT2D eigenvalue weighted by Crippen LogP contribution is 2.07. The summed E-state index contributed by atoms with van der Waals surface area (Å²) < 4.78 is 0. The van der Waals surface area contributed by atoms with Crippen LogP contribution >= 0.6 is 0 Å². The van der Waals surface area contributed by atoms with E-state index < -0.39 is 0 Å². The van der Waals surface area contributed by atoms with Gasteiger partial charge < -0.3 is 15.3 Å². The predicted octanol–water partition coefficient (Wildman–Crippen LogP) is 0.297. The molecule has 0 amide bonds. The van der Waals surface area contributed by atoms with Gasteiger partial charge in [-0.25, -0.2) is 0 Å². The van der Waals surface area contributed by atoms with Gasteiger partial charge in [0.05, 0.1) is 6.10 Å². The van der Waals surface area contributed by atoms with Gasteiger partial charge in [0.2, 0.25) is 0 Å². The maximum atomic E-state index is 9.01. The molecule has 0 radical (unpaired) electrons. The molecule has 1 atom stereocenters. The van der Waals surface area contributed by atoms with Crippen LogP contribution in [0.1, 0.15) is 20.8 Å². The Balaban J connectivity index is 3.61. The van der Waals surface area contributed by atoms with Gasteiger partial charge in [-0.1, -0.05) is 0 Å². The van der Waals surface area contributed by atoms with Crippen LogP contribution < -0.4 is 5.32 Å². The summed E-state index contributed by atoms with van der Waals surface area (Å²) >= 11 is 0. The molecule has 0 saturated carbocycles. The Morgan fingerprint density at radius 3 is 2.25 bits per heavy atom. The Labute approximate surface area is 75.8 Å². The van der Waals surface area contributed by atoms with Crippen LogP contribution in [0.15, 0.2) is 0 Å². The third-order valence-corrected chi connectivity index (χ3v) is 2.21. The van der Waals surface area contributed by atoms with Gasteiger partial charge >= 0.3 is 0 Å². The minimum atomic E-state index is -0.261. The second-order valence-electron chi connectivity index (χ2n) is 4.19. The molecule has 74 valence electrons. The zero-order chi connectivity index (χ0) is 9.78. The molecule has 0 fully saturated rings. The van der Waals surface area contributed by atoms with Gasteiger partial charge in [-0.15, -0.1) is 0 Å². The molecular formula is C9H22N2O. The average Bonchev–Trinajstić information content (AvgIpc) is 1.85. The first-order chi connectivity index (χ1) is 5.36. The predicted molar refractivity (Wildman–Crippen MR) is 52.3 cm³/mol. The molecule has 0 rings (SSSR count). The summed E-state index contributed by atoms with van der Waals surface area (Å²) in [6, 6.07) is 0. The van der Waals surface area contributed by atoms with E-state index in [9.17, 15) is 0 Å². The molecule has 0 aliphatic carbocycles. The second-order valence-corrected chi connectivity index (χ2v) is 4.19. The van der Waals surface area contributed by atoms with Crippen LogP contribution in [-0.2, 0) is 0 Å². The smallest absolute Gasteiger partial charge is 0.0636 e. The molecule has 0 spiro atoms. The van der Waals surface area contributed by atoms with Crippen LogP contribution in [0.3, 0.4) is 0 Å². The van der Waals surface area contributed by atoms with Gasteiger partial charge in [-0.2, -0.15) is 0 Å². The molecule has 0 aliphatic rings. The molecule has 0 aromatic heterocycles. The van der Waals surface area contributed by atoms with Crippen molar-refractivity contribution in [2.45, 2.75) is 32.4 Å². The van der Waals surface area contributed by atoms with E-state index in [4.69, 9.17) is 5.11 Å². The Hall–Kier alpha value is -0.120. The molecular weight excluding hydrogens is 152 g/mol. The fourth-order valence-electron chi connectivity index (χ4n) is 0.745. The quantitative estimate of drug-likeness (QED) is 0.629. The SMILES string of the molecule is C[C@H](O)CNCC(C)(C)N(C)C. The molecule has 3 nitrogen and oxygen atoms in total. The monoisotopic (exact) mass is 174 g/mol. The summed E-state index contributed by atoms with van der Waals surface area (Å²) in [4.78, 5) is 2.17. The first-order valence-corrected chi connectivity index (χ1v) is 4.42. The minimum Gasteiger partial charge on any atom is -0.392 e. The van der Waals surface area contributed by atoms with Gasteiger partial charge in [0, 0.05) is 18.6 Å². The molecule has 3 heteroatoms. The van der Waals surface area contributed by atoms with E-state index >= 15 is 0 Å². The zero-order valence-corrected chi connectivity index (χ0v) is 8.89. The van der Waals surface area contributed by atoms with Crippen molar-refractivity contribution < 1.29 is 5.11 Å². The first kappa shape index (κ1) is 11.9. The molecule has 0 aliphatic heterocycles. The van der Waals surface area contributed by atoms with E-state index in [1.165, 1.54) is 0 Å². The molecule has 0 saturated heterocycles. The fraction of sp³-hybridized carbons (Fsp3) is 1.00. The van der Waals surface area contributed by atoms with E-state index in [1.807, 2.05) is 0 Å². The molecule has 2 N–H and O–H groups in total. The van der Waals surface area contributed by atoms with E-state index in [1.54, 1.807) is 6.92 Å². The number of nitrogens with zero attached hydrogens (tertiary/aromatic N) is 1. The lowest BCUT2D eigenvalue weighted by molar-refractivity contribution is 0.161. The summed E-state index contributed by atoms with van der Waals surface area (Å²) in [6.07, 6.45) is -0.261. The van der Waals surface area contributed by atoms with Crippen molar-refractivity contribution in [3.8, 4) is 0 Å². The van der Waals surface area contributed by atoms with Gasteiger partial charge in [-0.05, 0) is 34.9 Å². The number of rotatable bonds is 5. The van der Waals surface area contributed by atoms with Crippen LogP contribution in [0.5, 0.6) is 0 Å². The maximum Gasteiger partial charge on any atom is 0.0636 e. The molecule has 0 aromatic carbocycles. The lowest BCUT2D eigenvalue weighted by Crippen LogP contribution is -2.47. The number of likely N-dealkylation sites (N-methyl/N-ethyl adjacent to an activating group) is 1. The Morgan fingerprint density at radius 2 is 1.92 bits per heavy atom. The van der Waals surface area contributed by atoms with Crippen LogP contribution in [0.4, 0.5) is 0 Å². The van der Waals surface area contributed by atoms with Gasteiger partial charge in [0.25, 0.3) is 0 Å². The van der Waals surface area contributed by atoms with Crippen LogP contribution in [-0.4, -0.2) is 48.8 Å². The first-order valence-electron chi connectivity index (χ1n) is 4.42. The summed E-state index contributed by atoms with van der Waals surface area (Å²) in [5, 5.41) is 12.2. The van der Waals surface area contributed by atoms with Crippen molar-refractivity contribution >= 4 is 0 Å². The Morgan fingerprint density at radius 1 is 1.42 bits per heavy atom. The lowest BCUT2D eigenvalue weighted by atomic mass is 10.0. The van der Waals surface area contributed by atoms with Crippen molar-refractivity contribution in [3.05, 3.63) is 0 Å². The van der Waals surface area contributed by atoms with Crippen molar-refractivity contribution in [3.63, 3.8) is 0 Å². The number of aliphatic hydroxyl groups is 1. The Bertz CT molecular complexity index is 122. The number of nitrogens with one attached hydrogen (secondary N) is 1. The van der Waals surface area contributed by atoms with Gasteiger partial charge in [-0.3, -0.25) is 0 Å². The van der Waals surface area contributed by atoms with Crippen LogP contribution in [0.2, 0.25) is 0 Å². The standard InChI is InChI=1S/C9H22N2O/c1-8(12)6-10-7-9(2,3)11(4)5/h8,10,12H,6-7H2,1-5H3/t8-/m0/s1. The van der Waals surface area contributed by atoms with Gasteiger partial charge in [0.1, 0.15) is 0 Å². The zero-order valence-electron chi connectivity index (χ0n) is 8.89. The molecule has 0 unspecified atom stereocenters. The van der Waals surface area contributed by atoms with Crippen molar-refractivity contribution in [2.75, 3.05) is 27.2 Å². The summed E-state index contributed by atoms with van der Waals surface area (Å²) in [7, 11) is 4.12. The summed E-state index contributed by atoms with van der Waals surface area (Å²) in [5.74, 6) is 0. The molecule has 12 heavy (non-hydrogen) atoms. The van der Waals surface area contributed by atoms with E-state index in [-0.39, 0.29) is 11.6 Å². The van der Waals surface area contributed by atoms with Crippen LogP contribution in [0, 0.1) is 0 Å². The Kier molecular flexibility index (Phi) is 4.75. The summed E-state index contributed by atoms with van der Waals surface area (Å²) in [5.41, 5.74) is 0.148. The topological polar surface area (TPSA) is 35.5 Å². The number of hydrogen-bond acceptors (Lipinski definition) is 3. The molecule has 0 bridgehead atoms. The van der Waals surface area contributed by atoms with Crippen molar-refractivity contribution in [1.29, 1.82) is 0 Å². The lowest BCUT2D eigenvalue weighted by Gasteiger charge is -2.33. The largest absolute Gasteiger partial charge is 0.392 e. The molecule has 0 aromatic rings. The van der Waals surface area contributed by atoms with Crippen LogP contribution in [0.25, 0.3) is 0 Å². The van der Waals surface area contributed by atoms with Gasteiger partial charge in [0.15, 0.2) is 0 Å². The van der Waals surface area contributed by atoms with Crippen molar-refractivity contribution in [2.24, 2.45) is 0 Å². The minimum absolute atomic E-state index is 0.148. The van der Waals surface area contributed by atoms with E-state index in [2.05, 4.69) is 38.2 Å². The highest BCUT2D eigenvalue weighted by Gasteiger charge is 2.19. The maximum absolute atomic E-state index is 9.01.